The summed E-state index contributed by atoms with van der Waals surface area (Å²) in [5.74, 6) is -0.557. The van der Waals surface area contributed by atoms with Crippen molar-refractivity contribution in [3.63, 3.8) is 0 Å². The lowest BCUT2D eigenvalue weighted by Crippen LogP contribution is -2.39. The van der Waals surface area contributed by atoms with Gasteiger partial charge in [-0.25, -0.2) is 0 Å². The molecule has 104 valence electrons. The van der Waals surface area contributed by atoms with E-state index in [-0.39, 0.29) is 30.9 Å². The molecule has 5 nitrogen and oxygen atoms in total. The second-order valence-corrected chi connectivity index (χ2v) is 3.88. The lowest BCUT2D eigenvalue weighted by atomic mass is 10.2. The van der Waals surface area contributed by atoms with Crippen LogP contribution < -0.4 is 0 Å². The molecule has 18 heavy (non-hydrogen) atoms. The zero-order chi connectivity index (χ0) is 14.0. The van der Waals surface area contributed by atoms with Crippen LogP contribution in [0.15, 0.2) is 12.7 Å². The number of carbonyl (C=O) groups excluding carboxylic acids is 2. The largest absolute Gasteiger partial charge is 0.466 e. The molecule has 0 rings (SSSR count). The summed E-state index contributed by atoms with van der Waals surface area (Å²) < 4.78 is 9.78. The molecule has 0 fully saturated rings. The summed E-state index contributed by atoms with van der Waals surface area (Å²) in [6, 6.07) is -0.0912. The molecule has 0 aliphatic rings. The van der Waals surface area contributed by atoms with E-state index in [1.54, 1.807) is 19.9 Å². The third-order valence-electron chi connectivity index (χ3n) is 2.39. The molecular weight excluding hydrogens is 234 g/mol. The summed E-state index contributed by atoms with van der Waals surface area (Å²) in [6.07, 6.45) is 1.95. The lowest BCUT2D eigenvalue weighted by Gasteiger charge is -2.26. The Morgan fingerprint density at radius 2 is 1.78 bits per heavy atom. The van der Waals surface area contributed by atoms with Crippen molar-refractivity contribution >= 4 is 11.9 Å². The Bertz CT molecular complexity index is 278. The van der Waals surface area contributed by atoms with E-state index in [0.717, 1.165) is 0 Å². The maximum Gasteiger partial charge on any atom is 0.320 e. The summed E-state index contributed by atoms with van der Waals surface area (Å²) in [5, 5.41) is 0. The third-order valence-corrected chi connectivity index (χ3v) is 2.39. The van der Waals surface area contributed by atoms with Crippen LogP contribution in [0.25, 0.3) is 0 Å². The van der Waals surface area contributed by atoms with Crippen molar-refractivity contribution < 1.29 is 19.1 Å². The molecule has 0 aromatic carbocycles. The lowest BCUT2D eigenvalue weighted by molar-refractivity contribution is -0.148. The van der Waals surface area contributed by atoms with E-state index < -0.39 is 0 Å². The van der Waals surface area contributed by atoms with Crippen molar-refractivity contribution in [2.45, 2.75) is 33.2 Å². The van der Waals surface area contributed by atoms with Gasteiger partial charge in [0.05, 0.1) is 26.2 Å². The number of hydrogen-bond donors (Lipinski definition) is 0. The first-order valence-electron chi connectivity index (χ1n) is 6.21. The quantitative estimate of drug-likeness (QED) is 0.461. The first-order chi connectivity index (χ1) is 8.54. The van der Waals surface area contributed by atoms with Crippen molar-refractivity contribution in [3.8, 4) is 0 Å². The van der Waals surface area contributed by atoms with Gasteiger partial charge in [-0.2, -0.15) is 0 Å². The Labute approximate surface area is 109 Å². The van der Waals surface area contributed by atoms with Gasteiger partial charge in [0.15, 0.2) is 0 Å². The van der Waals surface area contributed by atoms with Crippen LogP contribution in [-0.4, -0.2) is 49.2 Å². The van der Waals surface area contributed by atoms with Crippen LogP contribution in [0.3, 0.4) is 0 Å². The molecule has 0 spiro atoms. The molecule has 0 radical (unpaired) electrons. The van der Waals surface area contributed by atoms with Crippen LogP contribution in [0.4, 0.5) is 0 Å². The molecule has 0 saturated heterocycles. The Morgan fingerprint density at radius 1 is 1.22 bits per heavy atom. The SMILES string of the molecule is C=CCN(CC(=O)OCC)C(C)CC(=O)OCC. The van der Waals surface area contributed by atoms with Crippen LogP contribution in [0.1, 0.15) is 27.2 Å². The molecule has 0 heterocycles. The summed E-state index contributed by atoms with van der Waals surface area (Å²) in [6.45, 7) is 10.4. The smallest absolute Gasteiger partial charge is 0.320 e. The molecule has 0 amide bonds. The first-order valence-corrected chi connectivity index (χ1v) is 6.21. The van der Waals surface area contributed by atoms with Gasteiger partial charge in [0.2, 0.25) is 0 Å². The van der Waals surface area contributed by atoms with E-state index in [1.807, 2.05) is 11.8 Å². The Morgan fingerprint density at radius 3 is 2.28 bits per heavy atom. The van der Waals surface area contributed by atoms with Crippen molar-refractivity contribution in [2.24, 2.45) is 0 Å². The number of esters is 2. The van der Waals surface area contributed by atoms with Gasteiger partial charge in [0, 0.05) is 12.6 Å². The van der Waals surface area contributed by atoms with Crippen LogP contribution in [0, 0.1) is 0 Å². The number of rotatable bonds is 9. The highest BCUT2D eigenvalue weighted by atomic mass is 16.5. The van der Waals surface area contributed by atoms with E-state index in [9.17, 15) is 9.59 Å². The summed E-state index contributed by atoms with van der Waals surface area (Å²) in [4.78, 5) is 24.6. The predicted molar refractivity (Wildman–Crippen MR) is 69.1 cm³/mol. The molecule has 0 N–H and O–H groups in total. The molecule has 0 bridgehead atoms. The minimum atomic E-state index is -0.296. The predicted octanol–water partition coefficient (Wildman–Crippen LogP) is 1.38. The van der Waals surface area contributed by atoms with Gasteiger partial charge in [0.25, 0.3) is 0 Å². The molecule has 0 aliphatic heterocycles. The van der Waals surface area contributed by atoms with Crippen LogP contribution in [0.5, 0.6) is 0 Å². The molecule has 1 atom stereocenters. The summed E-state index contributed by atoms with van der Waals surface area (Å²) in [7, 11) is 0. The van der Waals surface area contributed by atoms with Crippen molar-refractivity contribution in [3.05, 3.63) is 12.7 Å². The normalized spacial score (nSPS) is 12.0. The van der Waals surface area contributed by atoms with Crippen LogP contribution in [-0.2, 0) is 19.1 Å². The van der Waals surface area contributed by atoms with Crippen molar-refractivity contribution in [1.82, 2.24) is 4.90 Å². The zero-order valence-electron chi connectivity index (χ0n) is 11.5. The highest BCUT2D eigenvalue weighted by molar-refractivity contribution is 5.72. The molecule has 5 heteroatoms. The number of ether oxygens (including phenoxy) is 2. The molecule has 0 aliphatic carbocycles. The van der Waals surface area contributed by atoms with Crippen molar-refractivity contribution in [2.75, 3.05) is 26.3 Å². The van der Waals surface area contributed by atoms with E-state index in [1.165, 1.54) is 0 Å². The number of hydrogen-bond acceptors (Lipinski definition) is 5. The monoisotopic (exact) mass is 257 g/mol. The molecule has 0 aromatic heterocycles. The fourth-order valence-corrected chi connectivity index (χ4v) is 1.53. The minimum Gasteiger partial charge on any atom is -0.466 e. The fourth-order valence-electron chi connectivity index (χ4n) is 1.53. The number of nitrogens with zero attached hydrogens (tertiary/aromatic N) is 1. The molecular formula is C13H23NO4. The van der Waals surface area contributed by atoms with Gasteiger partial charge < -0.3 is 9.47 Å². The topological polar surface area (TPSA) is 55.8 Å². The highest BCUT2D eigenvalue weighted by Crippen LogP contribution is 2.06. The fraction of sp³-hybridized carbons (Fsp3) is 0.692. The maximum atomic E-state index is 11.4. The maximum absolute atomic E-state index is 11.4. The highest BCUT2D eigenvalue weighted by Gasteiger charge is 2.19. The summed E-state index contributed by atoms with van der Waals surface area (Å²) >= 11 is 0. The van der Waals surface area contributed by atoms with Crippen LogP contribution in [0.2, 0.25) is 0 Å². The first kappa shape index (κ1) is 16.6. The van der Waals surface area contributed by atoms with Gasteiger partial charge in [-0.1, -0.05) is 6.08 Å². The van der Waals surface area contributed by atoms with Crippen LogP contribution >= 0.6 is 0 Å². The molecule has 0 aromatic rings. The average molecular weight is 257 g/mol. The van der Waals surface area contributed by atoms with E-state index in [2.05, 4.69) is 6.58 Å². The van der Waals surface area contributed by atoms with E-state index >= 15 is 0 Å². The Hall–Kier alpha value is -1.36. The standard InChI is InChI=1S/C13H23NO4/c1-5-8-14(10-13(16)18-7-3)11(4)9-12(15)17-6-2/h5,11H,1,6-10H2,2-4H3. The third kappa shape index (κ3) is 7.06. The molecule has 1 unspecified atom stereocenters. The average Bonchev–Trinajstić information content (AvgIpc) is 2.29. The molecule has 0 saturated carbocycles. The van der Waals surface area contributed by atoms with Gasteiger partial charge in [-0.15, -0.1) is 6.58 Å². The van der Waals surface area contributed by atoms with Crippen molar-refractivity contribution in [1.29, 1.82) is 0 Å². The Kier molecular flexibility index (Phi) is 8.92. The second kappa shape index (κ2) is 9.65. The zero-order valence-corrected chi connectivity index (χ0v) is 11.5. The van der Waals surface area contributed by atoms with E-state index in [0.29, 0.717) is 19.8 Å². The van der Waals surface area contributed by atoms with E-state index in [4.69, 9.17) is 9.47 Å². The van der Waals surface area contributed by atoms with Gasteiger partial charge in [-0.05, 0) is 20.8 Å². The summed E-state index contributed by atoms with van der Waals surface area (Å²) in [5.41, 5.74) is 0. The van der Waals surface area contributed by atoms with Gasteiger partial charge in [-0.3, -0.25) is 14.5 Å². The Balaban J connectivity index is 4.33. The van der Waals surface area contributed by atoms with Gasteiger partial charge in [0.1, 0.15) is 0 Å². The second-order valence-electron chi connectivity index (χ2n) is 3.88. The number of carbonyl (C=O) groups is 2. The minimum absolute atomic E-state index is 0.0912. The van der Waals surface area contributed by atoms with Gasteiger partial charge >= 0.3 is 11.9 Å².